The summed E-state index contributed by atoms with van der Waals surface area (Å²) in [6.07, 6.45) is 11.5. The highest BCUT2D eigenvalue weighted by Crippen LogP contribution is 2.11. The van der Waals surface area contributed by atoms with Crippen molar-refractivity contribution in [2.45, 2.75) is 6.04 Å². The van der Waals surface area contributed by atoms with E-state index in [4.69, 9.17) is 0 Å². The Bertz CT molecular complexity index is 455. The van der Waals surface area contributed by atoms with Crippen molar-refractivity contribution in [1.82, 2.24) is 5.32 Å². The fourth-order valence-corrected chi connectivity index (χ4v) is 1.77. The molecule has 0 amide bonds. The van der Waals surface area contributed by atoms with Gasteiger partial charge in [-0.15, -0.1) is 0 Å². The van der Waals surface area contributed by atoms with Gasteiger partial charge >= 0.3 is 0 Å². The van der Waals surface area contributed by atoms with Gasteiger partial charge in [0.1, 0.15) is 12.2 Å². The van der Waals surface area contributed by atoms with Gasteiger partial charge in [-0.05, 0) is 0 Å². The summed E-state index contributed by atoms with van der Waals surface area (Å²) < 4.78 is 0. The van der Waals surface area contributed by atoms with Crippen LogP contribution < -0.4 is 5.32 Å². The second-order valence-electron chi connectivity index (χ2n) is 3.72. The van der Waals surface area contributed by atoms with Crippen LogP contribution in [0.3, 0.4) is 0 Å². The number of amidine groups is 2. The average Bonchev–Trinajstić information content (AvgIpc) is 2.97. The van der Waals surface area contributed by atoms with Gasteiger partial charge in [0.2, 0.25) is 0 Å². The molecule has 2 aliphatic heterocycles. The minimum atomic E-state index is -0.126. The molecule has 0 aromatic carbocycles. The lowest BCUT2D eigenvalue weighted by atomic mass is 10.2. The van der Waals surface area contributed by atoms with Crippen molar-refractivity contribution >= 4 is 24.3 Å². The van der Waals surface area contributed by atoms with E-state index in [9.17, 15) is 0 Å². The van der Waals surface area contributed by atoms with Gasteiger partial charge in [0.05, 0.1) is 12.9 Å². The Morgan fingerprint density at radius 3 is 3.06 bits per heavy atom. The summed E-state index contributed by atoms with van der Waals surface area (Å²) in [4.78, 5) is 17.0. The number of rotatable bonds is 2. The molecule has 3 aliphatic rings. The Hall–Kier alpha value is -2.04. The third-order valence-electron chi connectivity index (χ3n) is 2.62. The molecule has 1 unspecified atom stereocenters. The summed E-state index contributed by atoms with van der Waals surface area (Å²) in [6, 6.07) is -0.126. The molecule has 80 valence electrons. The Labute approximate surface area is 93.1 Å². The largest absolute Gasteiger partial charge is 0.332 e. The van der Waals surface area contributed by atoms with Gasteiger partial charge < -0.3 is 5.32 Å². The van der Waals surface area contributed by atoms with Crippen molar-refractivity contribution in [3.63, 3.8) is 0 Å². The third kappa shape index (κ3) is 1.60. The maximum Gasteiger partial charge on any atom is 0.168 e. The molecule has 0 spiro atoms. The molecule has 1 atom stereocenters. The molecular formula is C11H11N5. The van der Waals surface area contributed by atoms with E-state index < -0.39 is 0 Å². The minimum absolute atomic E-state index is 0.126. The van der Waals surface area contributed by atoms with E-state index in [1.165, 1.54) is 0 Å². The van der Waals surface area contributed by atoms with Crippen LogP contribution in [-0.4, -0.2) is 36.9 Å². The summed E-state index contributed by atoms with van der Waals surface area (Å²) in [5.41, 5.74) is 0. The summed E-state index contributed by atoms with van der Waals surface area (Å²) in [7, 11) is 0. The fraction of sp³-hybridized carbons (Fsp3) is 0.273. The Morgan fingerprint density at radius 1 is 1.31 bits per heavy atom. The second kappa shape index (κ2) is 3.84. The smallest absolute Gasteiger partial charge is 0.168 e. The van der Waals surface area contributed by atoms with Crippen molar-refractivity contribution in [3.8, 4) is 0 Å². The Balaban J connectivity index is 1.75. The highest BCUT2D eigenvalue weighted by atomic mass is 15.2. The molecule has 0 aromatic heterocycles. The van der Waals surface area contributed by atoms with E-state index in [0.29, 0.717) is 5.92 Å². The molecule has 0 saturated carbocycles. The predicted molar refractivity (Wildman–Crippen MR) is 65.4 cm³/mol. The van der Waals surface area contributed by atoms with Crippen LogP contribution in [0.4, 0.5) is 0 Å². The molecule has 0 saturated heterocycles. The van der Waals surface area contributed by atoms with E-state index in [1.54, 1.807) is 12.7 Å². The zero-order valence-electron chi connectivity index (χ0n) is 8.61. The predicted octanol–water partition coefficient (Wildman–Crippen LogP) is 0.568. The highest BCUT2D eigenvalue weighted by Gasteiger charge is 2.26. The molecule has 16 heavy (non-hydrogen) atoms. The van der Waals surface area contributed by atoms with Crippen LogP contribution in [0.5, 0.6) is 0 Å². The van der Waals surface area contributed by atoms with Crippen LogP contribution in [0, 0.1) is 5.92 Å². The number of nitrogens with one attached hydrogen (secondary N) is 1. The average molecular weight is 213 g/mol. The van der Waals surface area contributed by atoms with Crippen molar-refractivity contribution in [2.75, 3.05) is 6.54 Å². The molecular weight excluding hydrogens is 202 g/mol. The van der Waals surface area contributed by atoms with Crippen LogP contribution >= 0.6 is 0 Å². The topological polar surface area (TPSA) is 61.5 Å². The van der Waals surface area contributed by atoms with Gasteiger partial charge in [0.15, 0.2) is 11.9 Å². The zero-order chi connectivity index (χ0) is 10.8. The molecule has 5 heteroatoms. The molecule has 1 N–H and O–H groups in total. The number of hydrogen-bond donors (Lipinski definition) is 1. The van der Waals surface area contributed by atoms with E-state index in [2.05, 4.69) is 37.4 Å². The van der Waals surface area contributed by atoms with Crippen molar-refractivity contribution in [3.05, 3.63) is 24.3 Å². The Kier molecular flexibility index (Phi) is 2.21. The number of hydrogen-bond acceptors (Lipinski definition) is 4. The molecule has 0 bridgehead atoms. The fourth-order valence-electron chi connectivity index (χ4n) is 1.77. The molecule has 0 fully saturated rings. The van der Waals surface area contributed by atoms with Crippen molar-refractivity contribution in [1.29, 1.82) is 0 Å². The van der Waals surface area contributed by atoms with Gasteiger partial charge in [0.25, 0.3) is 0 Å². The zero-order valence-corrected chi connectivity index (χ0v) is 8.61. The molecule has 0 radical (unpaired) electrons. The first-order valence-electron chi connectivity index (χ1n) is 5.21. The molecule has 3 rings (SSSR count). The standard InChI is InChI=1S/C11H11N5/c1-2-4-8(3-1)5-12-10-9-11(14-6-13-9)16-7-15-10/h1-4,6-9H,5H2,(H,12,13,14,15,16). The Morgan fingerprint density at radius 2 is 2.19 bits per heavy atom. The summed E-state index contributed by atoms with van der Waals surface area (Å²) in [6.45, 7) is 0.721. The van der Waals surface area contributed by atoms with Gasteiger partial charge in [-0.1, -0.05) is 24.3 Å². The van der Waals surface area contributed by atoms with Crippen molar-refractivity contribution < 1.29 is 0 Å². The van der Waals surface area contributed by atoms with Crippen LogP contribution in [0.25, 0.3) is 0 Å². The van der Waals surface area contributed by atoms with E-state index in [0.717, 1.165) is 18.2 Å². The number of allylic oxidation sites excluding steroid dienone is 2. The third-order valence-corrected chi connectivity index (χ3v) is 2.62. The van der Waals surface area contributed by atoms with E-state index in [-0.39, 0.29) is 6.04 Å². The number of fused-ring (bicyclic) bond motifs is 1. The molecule has 2 heterocycles. The summed E-state index contributed by atoms with van der Waals surface area (Å²) in [5.74, 6) is 1.94. The minimum Gasteiger partial charge on any atom is -0.332 e. The lowest BCUT2D eigenvalue weighted by molar-refractivity contribution is 0.824. The molecule has 5 nitrogen and oxygen atoms in total. The highest BCUT2D eigenvalue weighted by molar-refractivity contribution is 6.21. The van der Waals surface area contributed by atoms with Gasteiger partial charge in [-0.2, -0.15) is 0 Å². The monoisotopic (exact) mass is 213 g/mol. The summed E-state index contributed by atoms with van der Waals surface area (Å²) in [5, 5.41) is 2.96. The van der Waals surface area contributed by atoms with Crippen LogP contribution in [0.15, 0.2) is 44.3 Å². The van der Waals surface area contributed by atoms with Crippen LogP contribution in [-0.2, 0) is 0 Å². The van der Waals surface area contributed by atoms with E-state index in [1.807, 2.05) is 12.2 Å². The van der Waals surface area contributed by atoms with Gasteiger partial charge in [-0.3, -0.25) is 9.98 Å². The SMILES string of the molecule is C1=CC(CN=C2N=CNC3=NC=NC23)C=C1. The number of nitrogens with zero attached hydrogens (tertiary/aromatic N) is 4. The van der Waals surface area contributed by atoms with E-state index >= 15 is 0 Å². The molecule has 0 aromatic rings. The lowest BCUT2D eigenvalue weighted by Crippen LogP contribution is -2.40. The molecule has 1 aliphatic carbocycles. The first-order chi connectivity index (χ1) is 7.93. The van der Waals surface area contributed by atoms with Gasteiger partial charge in [-0.25, -0.2) is 9.98 Å². The maximum atomic E-state index is 4.49. The second-order valence-corrected chi connectivity index (χ2v) is 3.72. The van der Waals surface area contributed by atoms with Gasteiger partial charge in [0, 0.05) is 5.92 Å². The van der Waals surface area contributed by atoms with Crippen LogP contribution in [0.1, 0.15) is 0 Å². The van der Waals surface area contributed by atoms with Crippen molar-refractivity contribution in [2.24, 2.45) is 25.9 Å². The normalized spacial score (nSPS) is 28.6. The number of aliphatic imine (C=N–C) groups is 4. The first kappa shape index (κ1) is 9.21. The van der Waals surface area contributed by atoms with Crippen LogP contribution in [0.2, 0.25) is 0 Å². The maximum absolute atomic E-state index is 4.49. The summed E-state index contributed by atoms with van der Waals surface area (Å²) >= 11 is 0. The first-order valence-corrected chi connectivity index (χ1v) is 5.21. The quantitative estimate of drug-likeness (QED) is 0.716. The lowest BCUT2D eigenvalue weighted by Gasteiger charge is -2.15.